The van der Waals surface area contributed by atoms with Crippen LogP contribution in [0, 0.1) is 0 Å². The van der Waals surface area contributed by atoms with Crippen LogP contribution in [0.4, 0.5) is 0 Å². The molecule has 0 unspecified atom stereocenters. The van der Waals surface area contributed by atoms with Crippen LogP contribution in [0.2, 0.25) is 0 Å². The molecule has 112 valence electrons. The summed E-state index contributed by atoms with van der Waals surface area (Å²) in [6.45, 7) is 3.71. The molecule has 0 saturated carbocycles. The Morgan fingerprint density at radius 2 is 2.10 bits per heavy atom. The Bertz CT molecular complexity index is 566. The predicted octanol–water partition coefficient (Wildman–Crippen LogP) is 2.73. The number of aromatic nitrogens is 1. The van der Waals surface area contributed by atoms with E-state index in [2.05, 4.69) is 12.1 Å². The minimum atomic E-state index is -0.241. The number of nitrogens with zero attached hydrogens (tertiary/aromatic N) is 2. The van der Waals surface area contributed by atoms with Crippen LogP contribution in [-0.4, -0.2) is 36.2 Å². The summed E-state index contributed by atoms with van der Waals surface area (Å²) in [7, 11) is 1.40. The highest BCUT2D eigenvalue weighted by Crippen LogP contribution is 2.20. The van der Waals surface area contributed by atoms with Gasteiger partial charge in [0.1, 0.15) is 0 Å². The van der Waals surface area contributed by atoms with Crippen molar-refractivity contribution in [2.75, 3.05) is 20.2 Å². The SMILES string of the molecule is CCCN(CC(=O)OC)Cc1cc(-c2ccccc2)on1. The molecule has 0 radical (unpaired) electrons. The number of ether oxygens (including phenoxy) is 1. The van der Waals surface area contributed by atoms with Crippen molar-refractivity contribution >= 4 is 5.97 Å². The second-order valence-electron chi connectivity index (χ2n) is 4.84. The number of benzene rings is 1. The molecule has 0 saturated heterocycles. The monoisotopic (exact) mass is 288 g/mol. The lowest BCUT2D eigenvalue weighted by molar-refractivity contribution is -0.142. The van der Waals surface area contributed by atoms with Crippen molar-refractivity contribution in [3.63, 3.8) is 0 Å². The summed E-state index contributed by atoms with van der Waals surface area (Å²) in [5.41, 5.74) is 1.80. The van der Waals surface area contributed by atoms with Gasteiger partial charge in [0, 0.05) is 18.2 Å². The molecule has 0 aliphatic heterocycles. The zero-order valence-corrected chi connectivity index (χ0v) is 12.4. The largest absolute Gasteiger partial charge is 0.468 e. The molecule has 5 heteroatoms. The van der Waals surface area contributed by atoms with Crippen molar-refractivity contribution in [1.82, 2.24) is 10.1 Å². The van der Waals surface area contributed by atoms with Gasteiger partial charge in [0.15, 0.2) is 5.76 Å². The Morgan fingerprint density at radius 1 is 1.33 bits per heavy atom. The average Bonchev–Trinajstić information content (AvgIpc) is 2.97. The molecule has 1 aromatic carbocycles. The van der Waals surface area contributed by atoms with Crippen LogP contribution in [0.1, 0.15) is 19.0 Å². The fraction of sp³-hybridized carbons (Fsp3) is 0.375. The number of carbonyl (C=O) groups is 1. The fourth-order valence-corrected chi connectivity index (χ4v) is 2.13. The molecule has 0 amide bonds. The number of esters is 1. The van der Waals surface area contributed by atoms with Crippen molar-refractivity contribution in [1.29, 1.82) is 0 Å². The van der Waals surface area contributed by atoms with Gasteiger partial charge in [-0.05, 0) is 13.0 Å². The van der Waals surface area contributed by atoms with Crippen molar-refractivity contribution in [3.05, 3.63) is 42.1 Å². The molecule has 0 spiro atoms. The molecule has 0 aliphatic carbocycles. The first-order chi connectivity index (χ1) is 10.2. The maximum Gasteiger partial charge on any atom is 0.319 e. The molecule has 5 nitrogen and oxygen atoms in total. The van der Waals surface area contributed by atoms with Gasteiger partial charge >= 0.3 is 5.97 Å². The first-order valence-corrected chi connectivity index (χ1v) is 7.03. The van der Waals surface area contributed by atoms with Crippen LogP contribution in [0.15, 0.2) is 40.9 Å². The maximum absolute atomic E-state index is 11.4. The molecule has 2 aromatic rings. The summed E-state index contributed by atoms with van der Waals surface area (Å²) in [6.07, 6.45) is 0.959. The molecule has 21 heavy (non-hydrogen) atoms. The topological polar surface area (TPSA) is 55.6 Å². The first-order valence-electron chi connectivity index (χ1n) is 7.03. The van der Waals surface area contributed by atoms with Crippen molar-refractivity contribution in [2.45, 2.75) is 19.9 Å². The minimum Gasteiger partial charge on any atom is -0.468 e. The highest BCUT2D eigenvalue weighted by atomic mass is 16.5. The molecule has 1 aromatic heterocycles. The molecule has 0 fully saturated rings. The number of hydrogen-bond donors (Lipinski definition) is 0. The number of methoxy groups -OCH3 is 1. The van der Waals surface area contributed by atoms with Crippen LogP contribution < -0.4 is 0 Å². The number of hydrogen-bond acceptors (Lipinski definition) is 5. The van der Waals surface area contributed by atoms with Gasteiger partial charge in [0.25, 0.3) is 0 Å². The molecule has 1 heterocycles. The Labute approximate surface area is 124 Å². The maximum atomic E-state index is 11.4. The smallest absolute Gasteiger partial charge is 0.319 e. The summed E-state index contributed by atoms with van der Waals surface area (Å²) in [5.74, 6) is 0.496. The normalized spacial score (nSPS) is 10.8. The lowest BCUT2D eigenvalue weighted by atomic mass is 10.1. The van der Waals surface area contributed by atoms with Gasteiger partial charge in [-0.25, -0.2) is 0 Å². The summed E-state index contributed by atoms with van der Waals surface area (Å²) in [4.78, 5) is 13.4. The Kier molecular flexibility index (Phi) is 5.51. The summed E-state index contributed by atoms with van der Waals surface area (Å²) in [6, 6.07) is 11.7. The van der Waals surface area contributed by atoms with Crippen molar-refractivity contribution in [3.8, 4) is 11.3 Å². The highest BCUT2D eigenvalue weighted by Gasteiger charge is 2.14. The van der Waals surface area contributed by atoms with E-state index in [0.717, 1.165) is 30.0 Å². The van der Waals surface area contributed by atoms with E-state index < -0.39 is 0 Å². The molecule has 0 aliphatic rings. The third kappa shape index (κ3) is 4.43. The summed E-state index contributed by atoms with van der Waals surface area (Å²) < 4.78 is 10.1. The first kappa shape index (κ1) is 15.3. The second kappa shape index (κ2) is 7.59. The lowest BCUT2D eigenvalue weighted by Gasteiger charge is -2.18. The third-order valence-corrected chi connectivity index (χ3v) is 3.12. The van der Waals surface area contributed by atoms with Gasteiger partial charge in [-0.15, -0.1) is 0 Å². The van der Waals surface area contributed by atoms with E-state index in [9.17, 15) is 4.79 Å². The van der Waals surface area contributed by atoms with Crippen LogP contribution in [-0.2, 0) is 16.1 Å². The van der Waals surface area contributed by atoms with E-state index >= 15 is 0 Å². The van der Waals surface area contributed by atoms with Crippen molar-refractivity contribution in [2.24, 2.45) is 0 Å². The molecule has 0 N–H and O–H groups in total. The number of rotatable bonds is 7. The molecular formula is C16H20N2O3. The van der Waals surface area contributed by atoms with Gasteiger partial charge in [0.2, 0.25) is 0 Å². The predicted molar refractivity (Wildman–Crippen MR) is 79.5 cm³/mol. The van der Waals surface area contributed by atoms with Crippen molar-refractivity contribution < 1.29 is 14.1 Å². The van der Waals surface area contributed by atoms with E-state index in [0.29, 0.717) is 6.54 Å². The Balaban J connectivity index is 2.04. The number of carbonyl (C=O) groups excluding carboxylic acids is 1. The highest BCUT2D eigenvalue weighted by molar-refractivity contribution is 5.71. The average molecular weight is 288 g/mol. The van der Waals surface area contributed by atoms with Gasteiger partial charge < -0.3 is 9.26 Å². The van der Waals surface area contributed by atoms with E-state index in [-0.39, 0.29) is 12.5 Å². The molecule has 0 atom stereocenters. The standard InChI is InChI=1S/C16H20N2O3/c1-3-9-18(12-16(19)20-2)11-14-10-15(21-17-14)13-7-5-4-6-8-13/h4-8,10H,3,9,11-12H2,1-2H3. The van der Waals surface area contributed by atoms with E-state index in [4.69, 9.17) is 9.26 Å². The zero-order chi connectivity index (χ0) is 15.1. The van der Waals surface area contributed by atoms with Gasteiger partial charge in [-0.2, -0.15) is 0 Å². The Morgan fingerprint density at radius 3 is 2.76 bits per heavy atom. The van der Waals surface area contributed by atoms with Crippen LogP contribution >= 0.6 is 0 Å². The second-order valence-corrected chi connectivity index (χ2v) is 4.84. The quantitative estimate of drug-likeness (QED) is 0.733. The van der Waals surface area contributed by atoms with E-state index in [1.807, 2.05) is 41.3 Å². The van der Waals surface area contributed by atoms with Gasteiger partial charge in [-0.1, -0.05) is 42.4 Å². The summed E-state index contributed by atoms with van der Waals surface area (Å²) >= 11 is 0. The van der Waals surface area contributed by atoms with E-state index in [1.54, 1.807) is 0 Å². The third-order valence-electron chi connectivity index (χ3n) is 3.12. The van der Waals surface area contributed by atoms with Gasteiger partial charge in [0.05, 0.1) is 19.3 Å². The lowest BCUT2D eigenvalue weighted by Crippen LogP contribution is -2.31. The summed E-state index contributed by atoms with van der Waals surface area (Å²) in [5, 5.41) is 4.08. The van der Waals surface area contributed by atoms with Crippen LogP contribution in [0.3, 0.4) is 0 Å². The molecular weight excluding hydrogens is 268 g/mol. The van der Waals surface area contributed by atoms with Crippen LogP contribution in [0.25, 0.3) is 11.3 Å². The van der Waals surface area contributed by atoms with E-state index in [1.165, 1.54) is 7.11 Å². The minimum absolute atomic E-state index is 0.241. The molecule has 2 rings (SSSR count). The van der Waals surface area contributed by atoms with Gasteiger partial charge in [-0.3, -0.25) is 9.69 Å². The Hall–Kier alpha value is -2.14. The zero-order valence-electron chi connectivity index (χ0n) is 12.4. The fourth-order valence-electron chi connectivity index (χ4n) is 2.13. The van der Waals surface area contributed by atoms with Crippen LogP contribution in [0.5, 0.6) is 0 Å². The molecule has 0 bridgehead atoms.